The average Bonchev–Trinajstić information content (AvgIpc) is 3.50. The molecule has 0 aromatic heterocycles. The molecular formula is C39H31BF4N2. The summed E-state index contributed by atoms with van der Waals surface area (Å²) < 4.78 is 41.5. The van der Waals surface area contributed by atoms with E-state index in [0.717, 1.165) is 0 Å². The Morgan fingerprint density at radius 1 is 0.457 bits per heavy atom. The summed E-state index contributed by atoms with van der Waals surface area (Å²) in [5.74, 6) is 0. The Morgan fingerprint density at radius 2 is 0.870 bits per heavy atom. The molecule has 46 heavy (non-hydrogen) atoms. The fourth-order valence-electron chi connectivity index (χ4n) is 6.11. The molecule has 2 atom stereocenters. The van der Waals surface area contributed by atoms with Crippen molar-refractivity contribution in [3.05, 3.63) is 181 Å². The van der Waals surface area contributed by atoms with Crippen LogP contribution >= 0.6 is 0 Å². The van der Waals surface area contributed by atoms with Crippen molar-refractivity contribution in [2.24, 2.45) is 0 Å². The molecule has 7 heteroatoms. The zero-order chi connectivity index (χ0) is 31.9. The Hall–Kier alpha value is -5.43. The van der Waals surface area contributed by atoms with E-state index in [1.54, 1.807) is 0 Å². The summed E-state index contributed by atoms with van der Waals surface area (Å²) in [4.78, 5) is 2.48. The molecule has 0 N–H and O–H groups in total. The first-order valence-electron chi connectivity index (χ1n) is 15.1. The van der Waals surface area contributed by atoms with Crippen LogP contribution in [-0.4, -0.2) is 18.2 Å². The van der Waals surface area contributed by atoms with E-state index in [2.05, 4.69) is 186 Å². The topological polar surface area (TPSA) is 6.25 Å². The van der Waals surface area contributed by atoms with Gasteiger partial charge in [0.25, 0.3) is 0 Å². The molecule has 6 aromatic carbocycles. The third-order valence-corrected chi connectivity index (χ3v) is 7.96. The number of halogens is 4. The van der Waals surface area contributed by atoms with Gasteiger partial charge in [-0.05, 0) is 23.3 Å². The molecule has 0 spiro atoms. The van der Waals surface area contributed by atoms with Crippen LogP contribution in [0.3, 0.4) is 0 Å². The van der Waals surface area contributed by atoms with Crippen molar-refractivity contribution in [1.82, 2.24) is 0 Å². The quantitative estimate of drug-likeness (QED) is 0.103. The van der Waals surface area contributed by atoms with Crippen LogP contribution < -0.4 is 4.90 Å². The van der Waals surface area contributed by atoms with Crippen molar-refractivity contribution >= 4 is 25.0 Å². The molecule has 0 bridgehead atoms. The Labute approximate surface area is 266 Å². The summed E-state index contributed by atoms with van der Waals surface area (Å²) >= 11 is 0. The van der Waals surface area contributed by atoms with Gasteiger partial charge in [0.15, 0.2) is 12.1 Å². The van der Waals surface area contributed by atoms with Crippen molar-refractivity contribution in [2.45, 2.75) is 12.1 Å². The molecular weight excluding hydrogens is 583 g/mol. The smallest absolute Gasteiger partial charge is 0.418 e. The molecule has 0 fully saturated rings. The van der Waals surface area contributed by atoms with E-state index >= 15 is 0 Å². The predicted molar refractivity (Wildman–Crippen MR) is 181 cm³/mol. The maximum absolute atomic E-state index is 9.75. The van der Waals surface area contributed by atoms with Crippen LogP contribution in [0.5, 0.6) is 0 Å². The largest absolute Gasteiger partial charge is 0.673 e. The highest BCUT2D eigenvalue weighted by Crippen LogP contribution is 2.48. The number of hydrogen-bond acceptors (Lipinski definition) is 1. The first-order chi connectivity index (χ1) is 22.4. The lowest BCUT2D eigenvalue weighted by Gasteiger charge is -2.25. The van der Waals surface area contributed by atoms with Crippen molar-refractivity contribution in [3.63, 3.8) is 0 Å². The van der Waals surface area contributed by atoms with Gasteiger partial charge in [0, 0.05) is 22.3 Å². The van der Waals surface area contributed by atoms with Crippen molar-refractivity contribution < 1.29 is 21.8 Å². The molecule has 7 rings (SSSR count). The van der Waals surface area contributed by atoms with Gasteiger partial charge in [-0.2, -0.15) is 0 Å². The maximum atomic E-state index is 9.75. The highest BCUT2D eigenvalue weighted by atomic mass is 19.5. The normalized spacial score (nSPS) is 15.9. The van der Waals surface area contributed by atoms with Crippen molar-refractivity contribution in [1.29, 1.82) is 0 Å². The van der Waals surface area contributed by atoms with E-state index in [0.29, 0.717) is 0 Å². The van der Waals surface area contributed by atoms with Gasteiger partial charge < -0.3 is 17.3 Å². The van der Waals surface area contributed by atoms with Gasteiger partial charge in [0.05, 0.1) is 0 Å². The van der Waals surface area contributed by atoms with Crippen LogP contribution in [0.1, 0.15) is 23.2 Å². The predicted octanol–water partition coefficient (Wildman–Crippen LogP) is 11.0. The number of hydrogen-bond donors (Lipinski definition) is 0. The van der Waals surface area contributed by atoms with E-state index < -0.39 is 7.25 Å². The summed E-state index contributed by atoms with van der Waals surface area (Å²) in [5, 5.41) is 0. The van der Waals surface area contributed by atoms with Gasteiger partial charge in [-0.3, -0.25) is 0 Å². The maximum Gasteiger partial charge on any atom is 0.673 e. The Balaban J connectivity index is 0.000000692. The summed E-state index contributed by atoms with van der Waals surface area (Å²) in [5.41, 5.74) is 9.79. The standard InChI is InChI=1S/C39H31N2.BF4/c1-5-17-30(18-6-1)34-25-13-15-27-36(34)40-29-41(37-28-16-14-26-35(37)31-19-7-2-8-20-31)39(33-23-11-4-12-24-33)38(40)32-21-9-3-10-22-32;2-1(3,4)5/h1-29,38-39H;/q+1;-1/t38-,39-;/m0./s1. The summed E-state index contributed by atoms with van der Waals surface area (Å²) in [6, 6.07) is 60.9. The minimum Gasteiger partial charge on any atom is -0.418 e. The molecule has 228 valence electrons. The molecule has 2 nitrogen and oxygen atoms in total. The minimum absolute atomic E-state index is 0.0484. The number of para-hydroxylation sites is 2. The molecule has 6 aromatic rings. The van der Waals surface area contributed by atoms with E-state index in [1.165, 1.54) is 44.8 Å². The Morgan fingerprint density at radius 3 is 1.43 bits per heavy atom. The zero-order valence-corrected chi connectivity index (χ0v) is 24.9. The molecule has 0 unspecified atom stereocenters. The Bertz CT molecular complexity index is 1890. The lowest BCUT2D eigenvalue weighted by Crippen LogP contribution is -2.26. The minimum atomic E-state index is -6.00. The Kier molecular flexibility index (Phi) is 9.11. The lowest BCUT2D eigenvalue weighted by atomic mass is 9.91. The lowest BCUT2D eigenvalue weighted by molar-refractivity contribution is -0.480. The molecule has 1 aliphatic rings. The molecule has 0 aliphatic carbocycles. The molecule has 1 aliphatic heterocycles. The first kappa shape index (κ1) is 30.6. The molecule has 0 amide bonds. The van der Waals surface area contributed by atoms with Crippen molar-refractivity contribution in [3.8, 4) is 22.3 Å². The second kappa shape index (κ2) is 13.7. The summed E-state index contributed by atoms with van der Waals surface area (Å²) in [6.07, 6.45) is 2.33. The van der Waals surface area contributed by atoms with E-state index in [9.17, 15) is 17.3 Å². The molecule has 0 saturated carbocycles. The molecule has 0 saturated heterocycles. The van der Waals surface area contributed by atoms with Gasteiger partial charge >= 0.3 is 7.25 Å². The third-order valence-electron chi connectivity index (χ3n) is 7.96. The summed E-state index contributed by atoms with van der Waals surface area (Å²) in [6.45, 7) is 0. The fraction of sp³-hybridized carbons (Fsp3) is 0.0513. The van der Waals surface area contributed by atoms with Gasteiger partial charge in [-0.25, -0.2) is 9.48 Å². The van der Waals surface area contributed by atoms with Crippen LogP contribution in [0.15, 0.2) is 170 Å². The van der Waals surface area contributed by atoms with Crippen LogP contribution in [0, 0.1) is 0 Å². The van der Waals surface area contributed by atoms with Crippen LogP contribution in [0.2, 0.25) is 0 Å². The van der Waals surface area contributed by atoms with Gasteiger partial charge in [-0.15, -0.1) is 0 Å². The van der Waals surface area contributed by atoms with Crippen LogP contribution in [-0.2, 0) is 0 Å². The van der Waals surface area contributed by atoms with Gasteiger partial charge in [-0.1, -0.05) is 158 Å². The summed E-state index contributed by atoms with van der Waals surface area (Å²) in [7, 11) is -6.00. The number of anilines is 1. The highest BCUT2D eigenvalue weighted by Gasteiger charge is 2.46. The van der Waals surface area contributed by atoms with Crippen LogP contribution in [0.4, 0.5) is 28.6 Å². The monoisotopic (exact) mass is 614 g/mol. The van der Waals surface area contributed by atoms with E-state index in [4.69, 9.17) is 0 Å². The molecule has 1 heterocycles. The highest BCUT2D eigenvalue weighted by molar-refractivity contribution is 6.50. The van der Waals surface area contributed by atoms with Gasteiger partial charge in [0.1, 0.15) is 11.4 Å². The third kappa shape index (κ3) is 6.94. The van der Waals surface area contributed by atoms with Gasteiger partial charge in [0.2, 0.25) is 6.34 Å². The first-order valence-corrected chi connectivity index (χ1v) is 15.1. The zero-order valence-electron chi connectivity index (χ0n) is 24.9. The number of rotatable bonds is 6. The average molecular weight is 614 g/mol. The van der Waals surface area contributed by atoms with Crippen molar-refractivity contribution in [2.75, 3.05) is 4.90 Å². The second-order valence-corrected chi connectivity index (χ2v) is 10.9. The fourth-order valence-corrected chi connectivity index (χ4v) is 6.11. The van der Waals surface area contributed by atoms with Crippen LogP contribution in [0.25, 0.3) is 22.3 Å². The number of benzene rings is 6. The molecule has 0 radical (unpaired) electrons. The second-order valence-electron chi connectivity index (χ2n) is 10.9. The number of nitrogens with zero attached hydrogens (tertiary/aromatic N) is 2. The SMILES string of the molecule is C1=[N+](c2ccccc2-c2ccccc2)[C@@H](c2ccccc2)[C@H](c2ccccc2)N1c1ccccc1-c1ccccc1.F[B-](F)(F)F. The van der Waals surface area contributed by atoms with E-state index in [1.807, 2.05) is 0 Å². The van der Waals surface area contributed by atoms with E-state index in [-0.39, 0.29) is 12.1 Å².